The molecule has 0 saturated heterocycles. The Labute approximate surface area is 148 Å². The maximum absolute atomic E-state index is 5.45. The summed E-state index contributed by atoms with van der Waals surface area (Å²) in [5.74, 6) is 1.95. The van der Waals surface area contributed by atoms with Gasteiger partial charge in [0.15, 0.2) is 11.5 Å². The molecule has 0 N–H and O–H groups in total. The summed E-state index contributed by atoms with van der Waals surface area (Å²) in [4.78, 5) is 8.10. The maximum Gasteiger partial charge on any atom is 0.203 e. The molecule has 5 nitrogen and oxygen atoms in total. The second kappa shape index (κ2) is 9.93. The Bertz CT molecular complexity index is 723. The Morgan fingerprint density at radius 1 is 0.720 bits per heavy atom. The topological polar surface area (TPSA) is 53.5 Å². The van der Waals surface area contributed by atoms with Crippen LogP contribution in [0.3, 0.4) is 0 Å². The van der Waals surface area contributed by atoms with E-state index in [2.05, 4.69) is 9.97 Å². The van der Waals surface area contributed by atoms with E-state index in [0.717, 1.165) is 11.3 Å². The summed E-state index contributed by atoms with van der Waals surface area (Å²) in [5, 5.41) is 0. The minimum atomic E-state index is 0.610. The highest BCUT2D eigenvalue weighted by Crippen LogP contribution is 2.40. The number of hydrogen-bond acceptors (Lipinski definition) is 5. The molecule has 3 rings (SSSR count). The molecule has 0 bridgehead atoms. The van der Waals surface area contributed by atoms with Crippen LogP contribution in [0.25, 0.3) is 0 Å². The highest BCUT2D eigenvalue weighted by Gasteiger charge is 2.16. The van der Waals surface area contributed by atoms with Gasteiger partial charge < -0.3 is 14.2 Å². The van der Waals surface area contributed by atoms with Crippen LogP contribution in [-0.4, -0.2) is 31.3 Å². The smallest absolute Gasteiger partial charge is 0.203 e. The van der Waals surface area contributed by atoms with Crippen LogP contribution in [0.2, 0.25) is 0 Å². The zero-order chi connectivity index (χ0) is 17.9. The molecule has 0 atom stereocenters. The Morgan fingerprint density at radius 3 is 1.92 bits per heavy atom. The van der Waals surface area contributed by atoms with E-state index in [4.69, 9.17) is 14.2 Å². The van der Waals surface area contributed by atoms with Gasteiger partial charge >= 0.3 is 0 Å². The molecule has 0 aliphatic carbocycles. The summed E-state index contributed by atoms with van der Waals surface area (Å²) in [5.41, 5.74) is 1.99. The summed E-state index contributed by atoms with van der Waals surface area (Å²) in [7, 11) is 4.83. The van der Waals surface area contributed by atoms with Crippen molar-refractivity contribution in [1.82, 2.24) is 9.97 Å². The zero-order valence-electron chi connectivity index (χ0n) is 14.7. The van der Waals surface area contributed by atoms with Crippen LogP contribution in [0.1, 0.15) is 11.3 Å². The van der Waals surface area contributed by atoms with E-state index in [-0.39, 0.29) is 0 Å². The number of aromatic nitrogens is 2. The third-order valence-electron chi connectivity index (χ3n) is 3.45. The first-order valence-electron chi connectivity index (χ1n) is 7.83. The van der Waals surface area contributed by atoms with Gasteiger partial charge in [0.25, 0.3) is 0 Å². The van der Waals surface area contributed by atoms with Gasteiger partial charge in [-0.25, -0.2) is 0 Å². The fourth-order valence-corrected chi connectivity index (χ4v) is 2.31. The van der Waals surface area contributed by atoms with E-state index < -0.39 is 0 Å². The SMILES string of the molecule is COc1ccc(Cc2ccccn2)c(OC)c1OC.c1ccncc1. The van der Waals surface area contributed by atoms with Gasteiger partial charge in [0.2, 0.25) is 5.75 Å². The number of nitrogens with zero attached hydrogens (tertiary/aromatic N) is 2. The fourth-order valence-electron chi connectivity index (χ4n) is 2.31. The zero-order valence-corrected chi connectivity index (χ0v) is 14.7. The Hall–Kier alpha value is -3.08. The largest absolute Gasteiger partial charge is 0.493 e. The first-order chi connectivity index (χ1) is 12.3. The molecule has 0 radical (unpaired) electrons. The highest BCUT2D eigenvalue weighted by molar-refractivity contribution is 5.56. The van der Waals surface area contributed by atoms with Crippen LogP contribution < -0.4 is 14.2 Å². The summed E-state index contributed by atoms with van der Waals surface area (Å²) in [6.07, 6.45) is 5.97. The third kappa shape index (κ3) is 5.21. The van der Waals surface area contributed by atoms with Crippen molar-refractivity contribution in [3.05, 3.63) is 78.4 Å². The van der Waals surface area contributed by atoms with E-state index in [0.29, 0.717) is 23.7 Å². The lowest BCUT2D eigenvalue weighted by atomic mass is 10.1. The van der Waals surface area contributed by atoms with Crippen molar-refractivity contribution in [2.75, 3.05) is 21.3 Å². The van der Waals surface area contributed by atoms with Gasteiger partial charge in [0.05, 0.1) is 21.3 Å². The molecule has 130 valence electrons. The molecule has 3 aromatic rings. The fraction of sp³-hybridized carbons (Fsp3) is 0.200. The van der Waals surface area contributed by atoms with Gasteiger partial charge in [-0.1, -0.05) is 18.2 Å². The van der Waals surface area contributed by atoms with Crippen molar-refractivity contribution in [2.45, 2.75) is 6.42 Å². The average Bonchev–Trinajstić information content (AvgIpc) is 2.70. The third-order valence-corrected chi connectivity index (χ3v) is 3.45. The van der Waals surface area contributed by atoms with Gasteiger partial charge in [-0.05, 0) is 30.3 Å². The molecule has 0 saturated carbocycles. The minimum absolute atomic E-state index is 0.610. The summed E-state index contributed by atoms with van der Waals surface area (Å²) in [6.45, 7) is 0. The second-order valence-electron chi connectivity index (χ2n) is 5.02. The maximum atomic E-state index is 5.45. The molecule has 0 fully saturated rings. The van der Waals surface area contributed by atoms with Crippen molar-refractivity contribution < 1.29 is 14.2 Å². The van der Waals surface area contributed by atoms with Crippen LogP contribution in [0.5, 0.6) is 17.2 Å². The number of pyridine rings is 2. The second-order valence-corrected chi connectivity index (χ2v) is 5.02. The summed E-state index contributed by atoms with van der Waals surface area (Å²) in [6, 6.07) is 15.4. The van der Waals surface area contributed by atoms with Crippen molar-refractivity contribution in [3.8, 4) is 17.2 Å². The molecule has 0 amide bonds. The molecular weight excluding hydrogens is 316 g/mol. The quantitative estimate of drug-likeness (QED) is 0.708. The van der Waals surface area contributed by atoms with Crippen molar-refractivity contribution >= 4 is 0 Å². The van der Waals surface area contributed by atoms with Crippen LogP contribution >= 0.6 is 0 Å². The van der Waals surface area contributed by atoms with Crippen LogP contribution in [0, 0.1) is 0 Å². The van der Waals surface area contributed by atoms with Crippen LogP contribution in [-0.2, 0) is 6.42 Å². The number of benzene rings is 1. The molecule has 5 heteroatoms. The van der Waals surface area contributed by atoms with Gasteiger partial charge in [-0.2, -0.15) is 0 Å². The number of ether oxygens (including phenoxy) is 3. The molecule has 2 heterocycles. The lowest BCUT2D eigenvalue weighted by Crippen LogP contribution is -2.00. The number of methoxy groups -OCH3 is 3. The van der Waals surface area contributed by atoms with E-state index in [9.17, 15) is 0 Å². The molecule has 2 aromatic heterocycles. The van der Waals surface area contributed by atoms with Crippen LogP contribution in [0.4, 0.5) is 0 Å². The lowest BCUT2D eigenvalue weighted by molar-refractivity contribution is 0.322. The van der Waals surface area contributed by atoms with Crippen molar-refractivity contribution in [1.29, 1.82) is 0 Å². The Kier molecular flexibility index (Phi) is 7.25. The van der Waals surface area contributed by atoms with Crippen molar-refractivity contribution in [3.63, 3.8) is 0 Å². The minimum Gasteiger partial charge on any atom is -0.493 e. The molecule has 1 aromatic carbocycles. The Morgan fingerprint density at radius 2 is 1.44 bits per heavy atom. The predicted molar refractivity (Wildman–Crippen MR) is 97.4 cm³/mol. The molecule has 0 unspecified atom stereocenters. The van der Waals surface area contributed by atoms with E-state index in [1.165, 1.54) is 0 Å². The molecule has 0 aliphatic heterocycles. The van der Waals surface area contributed by atoms with Crippen molar-refractivity contribution in [2.24, 2.45) is 0 Å². The monoisotopic (exact) mass is 338 g/mol. The van der Waals surface area contributed by atoms with E-state index in [1.807, 2.05) is 48.5 Å². The Balaban J connectivity index is 0.000000316. The summed E-state index contributed by atoms with van der Waals surface area (Å²) >= 11 is 0. The molecule has 0 spiro atoms. The normalized spacial score (nSPS) is 9.56. The first kappa shape index (κ1) is 18.3. The van der Waals surface area contributed by atoms with Gasteiger partial charge in [0, 0.05) is 36.3 Å². The highest BCUT2D eigenvalue weighted by atomic mass is 16.5. The standard InChI is InChI=1S/C15H17NO3.C5H5N/c1-17-13-8-7-11(14(18-2)15(13)19-3)10-12-6-4-5-9-16-12;1-2-4-6-5-3-1/h4-9H,10H2,1-3H3;1-5H. The number of rotatable bonds is 5. The lowest BCUT2D eigenvalue weighted by Gasteiger charge is -2.15. The molecular formula is C20H22N2O3. The number of hydrogen-bond donors (Lipinski definition) is 0. The average molecular weight is 338 g/mol. The predicted octanol–water partition coefficient (Wildman–Crippen LogP) is 3.78. The molecule has 0 aliphatic rings. The van der Waals surface area contributed by atoms with Crippen LogP contribution in [0.15, 0.2) is 67.1 Å². The van der Waals surface area contributed by atoms with E-state index in [1.54, 1.807) is 39.9 Å². The first-order valence-corrected chi connectivity index (χ1v) is 7.83. The summed E-state index contributed by atoms with van der Waals surface area (Å²) < 4.78 is 16.1. The van der Waals surface area contributed by atoms with E-state index >= 15 is 0 Å². The van der Waals surface area contributed by atoms with Gasteiger partial charge in [0.1, 0.15) is 0 Å². The molecule has 25 heavy (non-hydrogen) atoms. The van der Waals surface area contributed by atoms with Gasteiger partial charge in [-0.15, -0.1) is 0 Å². The van der Waals surface area contributed by atoms with Gasteiger partial charge in [-0.3, -0.25) is 9.97 Å².